The van der Waals surface area contributed by atoms with Crippen LogP contribution in [0.1, 0.15) is 16.0 Å². The van der Waals surface area contributed by atoms with Gasteiger partial charge in [0, 0.05) is 16.5 Å². The number of rotatable bonds is 5. The van der Waals surface area contributed by atoms with Crippen LogP contribution in [0.3, 0.4) is 0 Å². The summed E-state index contributed by atoms with van der Waals surface area (Å²) in [5.74, 6) is 1.64. The minimum absolute atomic E-state index is 0.201. The fourth-order valence-corrected chi connectivity index (χ4v) is 3.57. The van der Waals surface area contributed by atoms with Crippen LogP contribution in [-0.4, -0.2) is 37.2 Å². The average molecular weight is 373 g/mol. The number of nitrogens with zero attached hydrogens (tertiary/aromatic N) is 3. The number of aryl methyl sites for hydroxylation is 2. The van der Waals surface area contributed by atoms with Crippen molar-refractivity contribution in [2.75, 3.05) is 21.3 Å². The Labute approximate surface area is 154 Å². The molecule has 3 rings (SSSR count). The van der Waals surface area contributed by atoms with E-state index in [1.165, 1.54) is 28.6 Å². The molecule has 7 nitrogen and oxygen atoms in total. The molecular weight excluding hydrogens is 354 g/mol. The highest BCUT2D eigenvalue weighted by atomic mass is 32.1. The second-order valence-corrected chi connectivity index (χ2v) is 6.75. The highest BCUT2D eigenvalue weighted by Crippen LogP contribution is 2.33. The van der Waals surface area contributed by atoms with E-state index in [1.54, 1.807) is 33.5 Å². The molecule has 0 radical (unpaired) electrons. The van der Waals surface area contributed by atoms with Gasteiger partial charge in [0.05, 0.1) is 32.9 Å². The van der Waals surface area contributed by atoms with E-state index in [-0.39, 0.29) is 5.56 Å². The van der Waals surface area contributed by atoms with E-state index in [0.717, 1.165) is 15.3 Å². The third-order valence-electron chi connectivity index (χ3n) is 4.13. The SMILES string of the molecule is COc1cc(OC)c(OC)cc1/C=N/n1cnc2sc(C)c(C)c2c1=O. The van der Waals surface area contributed by atoms with E-state index in [1.807, 2.05) is 13.8 Å². The van der Waals surface area contributed by atoms with Crippen molar-refractivity contribution in [2.45, 2.75) is 13.8 Å². The summed E-state index contributed by atoms with van der Waals surface area (Å²) in [4.78, 5) is 18.8. The third-order valence-corrected chi connectivity index (χ3v) is 5.25. The molecule has 0 amide bonds. The van der Waals surface area contributed by atoms with Crippen molar-refractivity contribution < 1.29 is 14.2 Å². The third kappa shape index (κ3) is 3.03. The predicted octanol–water partition coefficient (Wildman–Crippen LogP) is 2.98. The van der Waals surface area contributed by atoms with Gasteiger partial charge in [0.25, 0.3) is 5.56 Å². The molecule has 0 aliphatic rings. The number of benzene rings is 1. The predicted molar refractivity (Wildman–Crippen MR) is 102 cm³/mol. The van der Waals surface area contributed by atoms with Gasteiger partial charge in [-0.15, -0.1) is 11.3 Å². The Morgan fingerprint density at radius 2 is 1.73 bits per heavy atom. The van der Waals surface area contributed by atoms with Gasteiger partial charge in [-0.25, -0.2) is 4.98 Å². The van der Waals surface area contributed by atoms with E-state index in [9.17, 15) is 4.79 Å². The number of hydrogen-bond donors (Lipinski definition) is 0. The van der Waals surface area contributed by atoms with Crippen LogP contribution in [0.15, 0.2) is 28.4 Å². The molecule has 0 aliphatic carbocycles. The average Bonchev–Trinajstić information content (AvgIpc) is 2.95. The molecule has 26 heavy (non-hydrogen) atoms. The quantitative estimate of drug-likeness (QED) is 0.643. The van der Waals surface area contributed by atoms with Crippen LogP contribution in [0, 0.1) is 13.8 Å². The van der Waals surface area contributed by atoms with E-state index in [4.69, 9.17) is 14.2 Å². The van der Waals surface area contributed by atoms with Crippen LogP contribution in [0.4, 0.5) is 0 Å². The van der Waals surface area contributed by atoms with Gasteiger partial charge in [-0.2, -0.15) is 9.78 Å². The van der Waals surface area contributed by atoms with Gasteiger partial charge < -0.3 is 14.2 Å². The molecule has 1 aromatic carbocycles. The van der Waals surface area contributed by atoms with E-state index in [0.29, 0.717) is 28.2 Å². The zero-order valence-corrected chi connectivity index (χ0v) is 16.0. The van der Waals surface area contributed by atoms with Gasteiger partial charge in [-0.1, -0.05) is 0 Å². The van der Waals surface area contributed by atoms with Crippen molar-refractivity contribution >= 4 is 27.8 Å². The van der Waals surface area contributed by atoms with Crippen molar-refractivity contribution in [1.29, 1.82) is 0 Å². The van der Waals surface area contributed by atoms with Crippen LogP contribution in [0.2, 0.25) is 0 Å². The zero-order chi connectivity index (χ0) is 18.8. The zero-order valence-electron chi connectivity index (χ0n) is 15.2. The van der Waals surface area contributed by atoms with Crippen molar-refractivity contribution in [2.24, 2.45) is 5.10 Å². The highest BCUT2D eigenvalue weighted by molar-refractivity contribution is 7.18. The first-order valence-electron chi connectivity index (χ1n) is 7.81. The Morgan fingerprint density at radius 3 is 2.38 bits per heavy atom. The summed E-state index contributed by atoms with van der Waals surface area (Å²) >= 11 is 1.50. The second kappa shape index (κ2) is 7.17. The largest absolute Gasteiger partial charge is 0.496 e. The van der Waals surface area contributed by atoms with Crippen LogP contribution in [-0.2, 0) is 0 Å². The molecule has 2 aromatic heterocycles. The van der Waals surface area contributed by atoms with Crippen LogP contribution >= 0.6 is 11.3 Å². The molecule has 0 unspecified atom stereocenters. The summed E-state index contributed by atoms with van der Waals surface area (Å²) in [7, 11) is 4.65. The van der Waals surface area contributed by atoms with Crippen molar-refractivity contribution in [1.82, 2.24) is 9.66 Å². The molecule has 0 N–H and O–H groups in total. The summed E-state index contributed by atoms with van der Waals surface area (Å²) < 4.78 is 17.2. The van der Waals surface area contributed by atoms with Crippen molar-refractivity contribution in [3.63, 3.8) is 0 Å². The summed E-state index contributed by atoms with van der Waals surface area (Å²) in [5, 5.41) is 4.86. The fraction of sp³-hybridized carbons (Fsp3) is 0.278. The molecule has 3 aromatic rings. The lowest BCUT2D eigenvalue weighted by Gasteiger charge is -2.11. The minimum atomic E-state index is -0.201. The molecule has 0 saturated heterocycles. The Balaban J connectivity index is 2.08. The topological polar surface area (TPSA) is 74.9 Å². The van der Waals surface area contributed by atoms with E-state index >= 15 is 0 Å². The van der Waals surface area contributed by atoms with Gasteiger partial charge >= 0.3 is 0 Å². The van der Waals surface area contributed by atoms with Crippen molar-refractivity contribution in [3.05, 3.63) is 44.8 Å². The Kier molecular flexibility index (Phi) is 4.94. The van der Waals surface area contributed by atoms with Crippen LogP contribution in [0.25, 0.3) is 10.2 Å². The first kappa shape index (κ1) is 17.9. The summed E-state index contributed by atoms with van der Waals surface area (Å²) in [6.45, 7) is 3.89. The maximum absolute atomic E-state index is 12.7. The van der Waals surface area contributed by atoms with Gasteiger partial charge in [0.15, 0.2) is 11.5 Å². The molecule has 0 spiro atoms. The maximum Gasteiger partial charge on any atom is 0.282 e. The molecular formula is C18H19N3O4S. The van der Waals surface area contributed by atoms with E-state index < -0.39 is 0 Å². The monoisotopic (exact) mass is 373 g/mol. The van der Waals surface area contributed by atoms with Gasteiger partial charge in [0.1, 0.15) is 16.9 Å². The molecule has 0 bridgehead atoms. The summed E-state index contributed by atoms with van der Waals surface area (Å²) in [5.41, 5.74) is 1.39. The van der Waals surface area contributed by atoms with Crippen LogP contribution in [0.5, 0.6) is 17.2 Å². The van der Waals surface area contributed by atoms with Gasteiger partial charge in [-0.3, -0.25) is 4.79 Å². The molecule has 0 aliphatic heterocycles. The Hall–Kier alpha value is -2.87. The Morgan fingerprint density at radius 1 is 1.08 bits per heavy atom. The molecule has 0 fully saturated rings. The number of hydrogen-bond acceptors (Lipinski definition) is 7. The standard InChI is InChI=1S/C18H19N3O4S/c1-10-11(2)26-17-16(10)18(22)21(9-19-17)20-8-12-6-14(24-4)15(25-5)7-13(12)23-3/h6-9H,1-5H3/b20-8+. The fourth-order valence-electron chi connectivity index (χ4n) is 2.59. The lowest BCUT2D eigenvalue weighted by atomic mass is 10.2. The van der Waals surface area contributed by atoms with E-state index in [2.05, 4.69) is 10.1 Å². The Bertz CT molecular complexity index is 1050. The highest BCUT2D eigenvalue weighted by Gasteiger charge is 2.13. The molecule has 0 saturated carbocycles. The van der Waals surface area contributed by atoms with Gasteiger partial charge in [-0.05, 0) is 25.5 Å². The van der Waals surface area contributed by atoms with Crippen molar-refractivity contribution in [3.8, 4) is 17.2 Å². The lowest BCUT2D eigenvalue weighted by molar-refractivity contribution is 0.349. The number of methoxy groups -OCH3 is 3. The number of fused-ring (bicyclic) bond motifs is 1. The molecule has 136 valence electrons. The minimum Gasteiger partial charge on any atom is -0.496 e. The van der Waals surface area contributed by atoms with Gasteiger partial charge in [0.2, 0.25) is 0 Å². The normalized spacial score (nSPS) is 11.3. The molecule has 2 heterocycles. The second-order valence-electron chi connectivity index (χ2n) is 5.55. The smallest absolute Gasteiger partial charge is 0.282 e. The van der Waals surface area contributed by atoms with Crippen LogP contribution < -0.4 is 19.8 Å². The first-order valence-corrected chi connectivity index (χ1v) is 8.63. The number of thiophene rings is 1. The number of aromatic nitrogens is 2. The molecule has 8 heteroatoms. The first-order chi connectivity index (χ1) is 12.5. The lowest BCUT2D eigenvalue weighted by Crippen LogP contribution is -2.17. The maximum atomic E-state index is 12.7. The molecule has 0 atom stereocenters. The number of ether oxygens (including phenoxy) is 3. The summed E-state index contributed by atoms with van der Waals surface area (Å²) in [6.07, 6.45) is 2.95. The summed E-state index contributed by atoms with van der Waals surface area (Å²) in [6, 6.07) is 3.44.